The molecule has 0 atom stereocenters. The molecule has 6 nitrogen and oxygen atoms in total. The van der Waals surface area contributed by atoms with E-state index in [2.05, 4.69) is 9.93 Å². The molecule has 4 aromatic rings. The molecule has 33 heavy (non-hydrogen) atoms. The smallest absolute Gasteiger partial charge is 0.353 e. The molecule has 0 fully saturated rings. The van der Waals surface area contributed by atoms with Crippen LogP contribution in [-0.4, -0.2) is 19.4 Å². The number of carbonyl (C=O) groups is 1. The molecule has 4 rings (SSSR count). The SMILES string of the molecule is O=C(Cc1cc(Cl)c(Oc2ccc3[nH]cc(S(=O)(=O)c4ccc(F)cc4)c3c2)c(Cl)c1)OF. The van der Waals surface area contributed by atoms with Crippen LogP contribution in [0.25, 0.3) is 10.9 Å². The number of hydrogen-bond acceptors (Lipinski definition) is 5. The van der Waals surface area contributed by atoms with Crippen molar-refractivity contribution in [2.45, 2.75) is 16.2 Å². The van der Waals surface area contributed by atoms with Crippen molar-refractivity contribution in [1.29, 1.82) is 0 Å². The van der Waals surface area contributed by atoms with E-state index in [4.69, 9.17) is 27.9 Å². The van der Waals surface area contributed by atoms with E-state index in [0.29, 0.717) is 16.5 Å². The molecule has 0 amide bonds. The maximum Gasteiger partial charge on any atom is 0.353 e. The van der Waals surface area contributed by atoms with Gasteiger partial charge in [-0.1, -0.05) is 23.2 Å². The summed E-state index contributed by atoms with van der Waals surface area (Å²) in [6.07, 6.45) is 0.960. The van der Waals surface area contributed by atoms with E-state index in [1.54, 1.807) is 12.1 Å². The molecule has 0 aliphatic heterocycles. The molecule has 0 aliphatic rings. The molecule has 0 radical (unpaired) electrons. The van der Waals surface area contributed by atoms with Gasteiger partial charge in [0.1, 0.15) is 11.6 Å². The molecule has 11 heteroatoms. The number of fused-ring (bicyclic) bond motifs is 1. The Balaban J connectivity index is 1.70. The molecule has 0 spiro atoms. The summed E-state index contributed by atoms with van der Waals surface area (Å²) in [6.45, 7) is 0. The van der Waals surface area contributed by atoms with E-state index < -0.39 is 21.6 Å². The molecule has 170 valence electrons. The zero-order valence-corrected chi connectivity index (χ0v) is 18.8. The Labute approximate surface area is 196 Å². The highest BCUT2D eigenvalue weighted by Crippen LogP contribution is 2.39. The topological polar surface area (TPSA) is 85.5 Å². The summed E-state index contributed by atoms with van der Waals surface area (Å²) in [5.74, 6) is -1.36. The number of halogens is 4. The number of nitrogens with one attached hydrogen (secondary N) is 1. The van der Waals surface area contributed by atoms with Gasteiger partial charge in [-0.15, -0.1) is 0 Å². The first kappa shape index (κ1) is 23.0. The summed E-state index contributed by atoms with van der Waals surface area (Å²) in [5, 5.41) is 0.446. The second-order valence-electron chi connectivity index (χ2n) is 6.93. The Bertz CT molecular complexity index is 1450. The molecule has 0 aliphatic carbocycles. The fourth-order valence-electron chi connectivity index (χ4n) is 3.22. The Morgan fingerprint density at radius 2 is 1.67 bits per heavy atom. The van der Waals surface area contributed by atoms with Crippen LogP contribution in [0.5, 0.6) is 11.5 Å². The molecular formula is C22H13Cl2F2NO5S. The fraction of sp³-hybridized carbons (Fsp3) is 0.0455. The fourth-order valence-corrected chi connectivity index (χ4v) is 5.25. The number of benzene rings is 3. The zero-order chi connectivity index (χ0) is 23.8. The van der Waals surface area contributed by atoms with E-state index >= 15 is 0 Å². The summed E-state index contributed by atoms with van der Waals surface area (Å²) in [6, 6.07) is 11.9. The minimum Gasteiger partial charge on any atom is -0.454 e. The lowest BCUT2D eigenvalue weighted by Crippen LogP contribution is -2.02. The summed E-state index contributed by atoms with van der Waals surface area (Å²) < 4.78 is 57.1. The highest BCUT2D eigenvalue weighted by molar-refractivity contribution is 7.91. The van der Waals surface area contributed by atoms with Gasteiger partial charge in [-0.3, -0.25) is 4.94 Å². The van der Waals surface area contributed by atoms with Crippen LogP contribution in [0.3, 0.4) is 0 Å². The molecule has 0 bridgehead atoms. The second-order valence-corrected chi connectivity index (χ2v) is 9.67. The number of carbonyl (C=O) groups excluding carboxylic acids is 1. The van der Waals surface area contributed by atoms with Crippen LogP contribution in [0.4, 0.5) is 8.92 Å². The number of rotatable bonds is 6. The van der Waals surface area contributed by atoms with Crippen molar-refractivity contribution in [3.63, 3.8) is 0 Å². The highest BCUT2D eigenvalue weighted by Gasteiger charge is 2.22. The third-order valence-electron chi connectivity index (χ3n) is 4.74. The third kappa shape index (κ3) is 4.66. The van der Waals surface area contributed by atoms with Gasteiger partial charge in [-0.25, -0.2) is 17.6 Å². The van der Waals surface area contributed by atoms with Gasteiger partial charge in [0, 0.05) is 21.6 Å². The maximum absolute atomic E-state index is 13.2. The Morgan fingerprint density at radius 3 is 2.30 bits per heavy atom. The molecular weight excluding hydrogens is 499 g/mol. The molecule has 1 aromatic heterocycles. The van der Waals surface area contributed by atoms with Gasteiger partial charge >= 0.3 is 5.97 Å². The highest BCUT2D eigenvalue weighted by atomic mass is 35.5. The van der Waals surface area contributed by atoms with Crippen LogP contribution in [0.1, 0.15) is 5.56 Å². The van der Waals surface area contributed by atoms with Gasteiger partial charge in [0.2, 0.25) is 9.84 Å². The van der Waals surface area contributed by atoms with Gasteiger partial charge in [-0.2, -0.15) is 0 Å². The first-order chi connectivity index (χ1) is 15.7. The Kier molecular flexibility index (Phi) is 6.29. The summed E-state index contributed by atoms with van der Waals surface area (Å²) in [5.41, 5.74) is 0.842. The predicted octanol–water partition coefficient (Wildman–Crippen LogP) is 6.21. The first-order valence-electron chi connectivity index (χ1n) is 9.28. The lowest BCUT2D eigenvalue weighted by atomic mass is 10.1. The minimum absolute atomic E-state index is 0.0214. The van der Waals surface area contributed by atoms with Gasteiger partial charge < -0.3 is 9.72 Å². The van der Waals surface area contributed by atoms with Crippen molar-refractivity contribution in [1.82, 2.24) is 4.98 Å². The van der Waals surface area contributed by atoms with Crippen LogP contribution in [-0.2, 0) is 26.0 Å². The van der Waals surface area contributed by atoms with Crippen molar-refractivity contribution in [2.75, 3.05) is 0 Å². The number of hydrogen-bond donors (Lipinski definition) is 1. The molecule has 0 unspecified atom stereocenters. The number of aromatic amines is 1. The molecule has 0 saturated carbocycles. The number of aromatic nitrogens is 1. The van der Waals surface area contributed by atoms with E-state index in [1.807, 2.05) is 0 Å². The average Bonchev–Trinajstić information content (AvgIpc) is 3.20. The average molecular weight is 512 g/mol. The molecule has 3 aromatic carbocycles. The van der Waals surface area contributed by atoms with Crippen molar-refractivity contribution in [3.8, 4) is 11.5 Å². The van der Waals surface area contributed by atoms with Crippen LogP contribution < -0.4 is 4.74 Å². The standard InChI is InChI=1S/C22H13Cl2F2NO5S/c23-17-7-12(9-21(28)32-26)8-18(24)22(17)31-14-3-6-19-16(10-14)20(11-27-19)33(29,30)15-4-1-13(25)2-5-15/h1-8,10-11,27H,9H2. The van der Waals surface area contributed by atoms with Gasteiger partial charge in [0.05, 0.1) is 26.3 Å². The number of ether oxygens (including phenoxy) is 1. The van der Waals surface area contributed by atoms with Crippen LogP contribution in [0, 0.1) is 5.82 Å². The van der Waals surface area contributed by atoms with E-state index in [-0.39, 0.29) is 37.8 Å². The van der Waals surface area contributed by atoms with Gasteiger partial charge in [0.15, 0.2) is 5.75 Å². The quantitative estimate of drug-likeness (QED) is 0.311. The zero-order valence-electron chi connectivity index (χ0n) is 16.4. The largest absolute Gasteiger partial charge is 0.454 e. The normalized spacial score (nSPS) is 11.5. The Hall–Kier alpha value is -3.14. The van der Waals surface area contributed by atoms with E-state index in [9.17, 15) is 22.1 Å². The van der Waals surface area contributed by atoms with Crippen LogP contribution >= 0.6 is 23.2 Å². The van der Waals surface area contributed by atoms with Crippen molar-refractivity contribution >= 4 is 49.9 Å². The van der Waals surface area contributed by atoms with Crippen molar-refractivity contribution in [2.24, 2.45) is 0 Å². The molecule has 1 heterocycles. The molecule has 0 saturated heterocycles. The second kappa shape index (κ2) is 9.01. The summed E-state index contributed by atoms with van der Waals surface area (Å²) in [7, 11) is -3.94. The van der Waals surface area contributed by atoms with E-state index in [0.717, 1.165) is 12.1 Å². The minimum atomic E-state index is -3.94. The lowest BCUT2D eigenvalue weighted by Gasteiger charge is -2.12. The van der Waals surface area contributed by atoms with Gasteiger partial charge in [-0.05, 0) is 60.2 Å². The number of sulfone groups is 1. The lowest BCUT2D eigenvalue weighted by molar-refractivity contribution is -0.182. The van der Waals surface area contributed by atoms with Crippen molar-refractivity contribution in [3.05, 3.63) is 82.2 Å². The van der Waals surface area contributed by atoms with Crippen LogP contribution in [0.2, 0.25) is 10.0 Å². The summed E-state index contributed by atoms with van der Waals surface area (Å²) in [4.78, 5) is 17.1. The third-order valence-corrected chi connectivity index (χ3v) is 7.11. The monoisotopic (exact) mass is 511 g/mol. The van der Waals surface area contributed by atoms with Crippen molar-refractivity contribution < 1.29 is 31.8 Å². The van der Waals surface area contributed by atoms with E-state index in [1.165, 1.54) is 36.5 Å². The maximum atomic E-state index is 13.2. The molecule has 1 N–H and O–H groups in total. The first-order valence-corrected chi connectivity index (χ1v) is 11.5. The predicted molar refractivity (Wildman–Crippen MR) is 118 cm³/mol. The van der Waals surface area contributed by atoms with Crippen LogP contribution in [0.15, 0.2) is 70.6 Å². The summed E-state index contributed by atoms with van der Waals surface area (Å²) >= 11 is 12.4. The van der Waals surface area contributed by atoms with Gasteiger partial charge in [0.25, 0.3) is 0 Å². The number of H-pyrrole nitrogens is 1. The Morgan fingerprint density at radius 1 is 1.00 bits per heavy atom.